The number of nitrogens with zero attached hydrogens (tertiary/aromatic N) is 2. The Bertz CT molecular complexity index is 1320. The van der Waals surface area contributed by atoms with Crippen molar-refractivity contribution in [2.24, 2.45) is 11.3 Å². The first-order valence-corrected chi connectivity index (χ1v) is 12.3. The standard InChI is InChI=1S/C28H28N4O3/c33-25(30-20-7-4-8-21(17-20)32-16-13-29-27(32)35)24-18-28(24)11-14-31(15-12-28)26(34)23-10-3-6-19-5-1-2-9-22(19)23/h1-10,17,24H,11-16,18H2,(H,29,35)(H,30,33)/t24-/m0/s1. The average molecular weight is 469 g/mol. The van der Waals surface area contributed by atoms with E-state index in [1.54, 1.807) is 4.90 Å². The molecule has 7 heteroatoms. The van der Waals surface area contributed by atoms with E-state index in [0.717, 1.165) is 41.3 Å². The molecule has 0 unspecified atom stereocenters. The van der Waals surface area contributed by atoms with Crippen molar-refractivity contribution in [2.75, 3.05) is 36.4 Å². The number of hydrogen-bond donors (Lipinski definition) is 2. The molecule has 3 aromatic rings. The minimum Gasteiger partial charge on any atom is -0.339 e. The van der Waals surface area contributed by atoms with Crippen LogP contribution in [0.25, 0.3) is 10.8 Å². The molecule has 6 rings (SSSR count). The van der Waals surface area contributed by atoms with Crippen LogP contribution in [0.4, 0.5) is 16.2 Å². The molecule has 2 N–H and O–H groups in total. The van der Waals surface area contributed by atoms with Gasteiger partial charge in [-0.2, -0.15) is 0 Å². The first-order chi connectivity index (χ1) is 17.0. The predicted molar refractivity (Wildman–Crippen MR) is 135 cm³/mol. The first kappa shape index (κ1) is 21.6. The molecule has 2 heterocycles. The van der Waals surface area contributed by atoms with Crippen molar-refractivity contribution in [1.82, 2.24) is 10.2 Å². The molecule has 7 nitrogen and oxygen atoms in total. The number of amides is 4. The Balaban J connectivity index is 1.08. The summed E-state index contributed by atoms with van der Waals surface area (Å²) < 4.78 is 0. The maximum Gasteiger partial charge on any atom is 0.321 e. The van der Waals surface area contributed by atoms with Crippen molar-refractivity contribution >= 4 is 40.0 Å². The van der Waals surface area contributed by atoms with E-state index in [2.05, 4.69) is 10.6 Å². The molecule has 35 heavy (non-hydrogen) atoms. The lowest BCUT2D eigenvalue weighted by Crippen LogP contribution is -2.40. The van der Waals surface area contributed by atoms with Gasteiger partial charge in [0.05, 0.1) is 0 Å². The van der Waals surface area contributed by atoms with Crippen LogP contribution < -0.4 is 15.5 Å². The Hall–Kier alpha value is -3.87. The maximum atomic E-state index is 13.3. The van der Waals surface area contributed by atoms with E-state index in [9.17, 15) is 14.4 Å². The molecule has 3 aromatic carbocycles. The van der Waals surface area contributed by atoms with Gasteiger partial charge < -0.3 is 15.5 Å². The van der Waals surface area contributed by atoms with E-state index >= 15 is 0 Å². The van der Waals surface area contributed by atoms with Crippen LogP contribution in [0.15, 0.2) is 66.7 Å². The second-order valence-corrected chi connectivity index (χ2v) is 9.86. The van der Waals surface area contributed by atoms with Crippen LogP contribution in [0.3, 0.4) is 0 Å². The number of carbonyl (C=O) groups excluding carboxylic acids is 3. The summed E-state index contributed by atoms with van der Waals surface area (Å²) in [6, 6.07) is 21.2. The third-order valence-electron chi connectivity index (χ3n) is 7.85. The van der Waals surface area contributed by atoms with Crippen molar-refractivity contribution in [3.05, 3.63) is 72.3 Å². The fourth-order valence-electron chi connectivity index (χ4n) is 5.71. The smallest absolute Gasteiger partial charge is 0.321 e. The molecule has 2 aliphatic heterocycles. The number of urea groups is 1. The maximum absolute atomic E-state index is 13.3. The Kier molecular flexibility index (Phi) is 5.20. The molecule has 178 valence electrons. The summed E-state index contributed by atoms with van der Waals surface area (Å²) in [5.41, 5.74) is 2.23. The molecule has 1 spiro atoms. The molecular weight excluding hydrogens is 440 g/mol. The number of benzene rings is 3. The van der Waals surface area contributed by atoms with E-state index in [1.165, 1.54) is 0 Å². The summed E-state index contributed by atoms with van der Waals surface area (Å²) in [4.78, 5) is 41.9. The van der Waals surface area contributed by atoms with Crippen molar-refractivity contribution in [3.63, 3.8) is 0 Å². The summed E-state index contributed by atoms with van der Waals surface area (Å²) >= 11 is 0. The SMILES string of the molecule is O=C(Nc1cccc(N2CCNC2=O)c1)[C@@H]1CC12CCN(C(=O)c1cccc3ccccc13)CC2. The first-order valence-electron chi connectivity index (χ1n) is 12.3. The Labute approximate surface area is 204 Å². The topological polar surface area (TPSA) is 81.8 Å². The monoisotopic (exact) mass is 468 g/mol. The summed E-state index contributed by atoms with van der Waals surface area (Å²) in [6.45, 7) is 2.59. The summed E-state index contributed by atoms with van der Waals surface area (Å²) in [5, 5.41) is 7.91. The minimum absolute atomic E-state index is 0.00787. The molecule has 3 fully saturated rings. The Morgan fingerprint density at radius 1 is 0.943 bits per heavy atom. The van der Waals surface area contributed by atoms with Crippen LogP contribution >= 0.6 is 0 Å². The number of fused-ring (bicyclic) bond motifs is 1. The van der Waals surface area contributed by atoms with Crippen LogP contribution in [-0.4, -0.2) is 48.9 Å². The molecule has 4 amide bonds. The largest absolute Gasteiger partial charge is 0.339 e. The van der Waals surface area contributed by atoms with Crippen LogP contribution in [-0.2, 0) is 4.79 Å². The Morgan fingerprint density at radius 3 is 2.51 bits per heavy atom. The predicted octanol–water partition coefficient (Wildman–Crippen LogP) is 4.25. The highest BCUT2D eigenvalue weighted by Gasteiger charge is 2.58. The highest BCUT2D eigenvalue weighted by Crippen LogP contribution is 2.59. The number of likely N-dealkylation sites (tertiary alicyclic amines) is 1. The normalized spacial score (nSPS) is 20.7. The van der Waals surface area contributed by atoms with Crippen LogP contribution in [0.5, 0.6) is 0 Å². The Morgan fingerprint density at radius 2 is 1.71 bits per heavy atom. The molecule has 1 saturated carbocycles. The van der Waals surface area contributed by atoms with E-state index < -0.39 is 0 Å². The van der Waals surface area contributed by atoms with E-state index in [0.29, 0.717) is 31.9 Å². The highest BCUT2D eigenvalue weighted by molar-refractivity contribution is 6.07. The van der Waals surface area contributed by atoms with Crippen molar-refractivity contribution < 1.29 is 14.4 Å². The lowest BCUT2D eigenvalue weighted by atomic mass is 9.90. The van der Waals surface area contributed by atoms with E-state index in [1.807, 2.05) is 71.6 Å². The van der Waals surface area contributed by atoms with Gasteiger partial charge in [-0.25, -0.2) is 4.79 Å². The summed E-state index contributed by atoms with van der Waals surface area (Å²) in [6.07, 6.45) is 2.55. The quantitative estimate of drug-likeness (QED) is 0.601. The molecular formula is C28H28N4O3. The van der Waals surface area contributed by atoms with Crippen molar-refractivity contribution in [2.45, 2.75) is 19.3 Å². The van der Waals surface area contributed by atoms with Crippen molar-refractivity contribution in [1.29, 1.82) is 0 Å². The number of hydrogen-bond acceptors (Lipinski definition) is 3. The third-order valence-corrected chi connectivity index (χ3v) is 7.85. The van der Waals surface area contributed by atoms with Gasteiger partial charge in [0.2, 0.25) is 5.91 Å². The lowest BCUT2D eigenvalue weighted by molar-refractivity contribution is -0.118. The molecule has 1 aliphatic carbocycles. The van der Waals surface area contributed by atoms with Crippen LogP contribution in [0, 0.1) is 11.3 Å². The van der Waals surface area contributed by atoms with Gasteiger partial charge in [-0.15, -0.1) is 0 Å². The zero-order valence-corrected chi connectivity index (χ0v) is 19.5. The zero-order chi connectivity index (χ0) is 24.0. The van der Waals surface area contributed by atoms with Gasteiger partial charge in [0.25, 0.3) is 5.91 Å². The molecule has 1 atom stereocenters. The third kappa shape index (κ3) is 3.91. The fraction of sp³-hybridized carbons (Fsp3) is 0.321. The van der Waals surface area contributed by atoms with Gasteiger partial charge >= 0.3 is 6.03 Å². The van der Waals surface area contributed by atoms with Crippen LogP contribution in [0.2, 0.25) is 0 Å². The minimum atomic E-state index is -0.112. The van der Waals surface area contributed by atoms with Crippen LogP contribution in [0.1, 0.15) is 29.6 Å². The van der Waals surface area contributed by atoms with Gasteiger partial charge in [-0.3, -0.25) is 14.5 Å². The van der Waals surface area contributed by atoms with Gasteiger partial charge in [-0.1, -0.05) is 42.5 Å². The summed E-state index contributed by atoms with van der Waals surface area (Å²) in [5.74, 6) is 0.0685. The average Bonchev–Trinajstić information content (AvgIpc) is 3.41. The molecule has 2 saturated heterocycles. The highest BCUT2D eigenvalue weighted by atomic mass is 16.2. The lowest BCUT2D eigenvalue weighted by Gasteiger charge is -2.33. The fourth-order valence-corrected chi connectivity index (χ4v) is 5.71. The number of anilines is 2. The van der Waals surface area contributed by atoms with Gasteiger partial charge in [0.15, 0.2) is 0 Å². The molecule has 3 aliphatic rings. The number of nitrogens with one attached hydrogen (secondary N) is 2. The number of carbonyl (C=O) groups is 3. The second kappa shape index (κ2) is 8.41. The summed E-state index contributed by atoms with van der Waals surface area (Å²) in [7, 11) is 0. The second-order valence-electron chi connectivity index (χ2n) is 9.86. The van der Waals surface area contributed by atoms with E-state index in [-0.39, 0.29) is 29.2 Å². The molecule has 0 bridgehead atoms. The van der Waals surface area contributed by atoms with Gasteiger partial charge in [-0.05, 0) is 59.7 Å². The van der Waals surface area contributed by atoms with Gasteiger partial charge in [0, 0.05) is 49.0 Å². The molecule has 0 aromatic heterocycles. The number of piperidine rings is 1. The van der Waals surface area contributed by atoms with Crippen molar-refractivity contribution in [3.8, 4) is 0 Å². The van der Waals surface area contributed by atoms with Gasteiger partial charge in [0.1, 0.15) is 0 Å². The zero-order valence-electron chi connectivity index (χ0n) is 19.5. The van der Waals surface area contributed by atoms with E-state index in [4.69, 9.17) is 0 Å². The molecule has 0 radical (unpaired) electrons. The number of rotatable bonds is 4.